The number of benzene rings is 2. The number of ketones is 2. The molecule has 45 heavy (non-hydrogen) atoms. The molecular formula is C31H40Cl2N2O8S2. The second-order valence-corrected chi connectivity index (χ2v) is 11.4. The predicted octanol–water partition coefficient (Wildman–Crippen LogP) is -3.50. The van der Waals surface area contributed by atoms with Crippen molar-refractivity contribution < 1.29 is 74.4 Å². The lowest BCUT2D eigenvalue weighted by Crippen LogP contribution is -3.00. The zero-order valence-corrected chi connectivity index (χ0v) is 28.9. The van der Waals surface area contributed by atoms with Crippen LogP contribution in [-0.2, 0) is 19.2 Å². The molecule has 2 aromatic carbocycles. The fourth-order valence-electron chi connectivity index (χ4n) is 3.55. The van der Waals surface area contributed by atoms with E-state index in [0.29, 0.717) is 35.5 Å². The Balaban J connectivity index is 0.00000968. The summed E-state index contributed by atoms with van der Waals surface area (Å²) < 4.78 is 21.6. The molecule has 0 spiro atoms. The molecule has 0 saturated carbocycles. The highest BCUT2D eigenvalue weighted by atomic mass is 35.5. The zero-order valence-electron chi connectivity index (χ0n) is 25.7. The Bertz CT molecular complexity index is 1240. The fraction of sp³-hybridized carbons (Fsp3) is 0.355. The summed E-state index contributed by atoms with van der Waals surface area (Å²) in [6, 6.07) is 8.78. The largest absolute Gasteiger partial charge is 1.00 e. The molecule has 0 aliphatic rings. The Labute approximate surface area is 284 Å². The summed E-state index contributed by atoms with van der Waals surface area (Å²) in [6.07, 6.45) is 10.5. The van der Waals surface area contributed by atoms with Crippen LogP contribution in [0.15, 0.2) is 48.6 Å². The van der Waals surface area contributed by atoms with Gasteiger partial charge in [0.25, 0.3) is 0 Å². The van der Waals surface area contributed by atoms with E-state index in [-0.39, 0.29) is 54.3 Å². The quantitative estimate of drug-likeness (QED) is 0.0691. The first-order chi connectivity index (χ1) is 20.6. The van der Waals surface area contributed by atoms with Crippen LogP contribution < -0.4 is 55.2 Å². The van der Waals surface area contributed by atoms with Crippen molar-refractivity contribution in [1.29, 1.82) is 0 Å². The Morgan fingerprint density at radius 1 is 0.689 bits per heavy atom. The molecule has 0 fully saturated rings. The highest BCUT2D eigenvalue weighted by Crippen LogP contribution is 2.30. The van der Waals surface area contributed by atoms with Crippen LogP contribution in [0.3, 0.4) is 0 Å². The lowest BCUT2D eigenvalue weighted by molar-refractivity contribution is -0.407. The van der Waals surface area contributed by atoms with Crippen molar-refractivity contribution in [2.24, 2.45) is 0 Å². The molecule has 0 heterocycles. The summed E-state index contributed by atoms with van der Waals surface area (Å²) in [4.78, 5) is 49.4. The van der Waals surface area contributed by atoms with Crippen molar-refractivity contribution in [3.63, 3.8) is 0 Å². The van der Waals surface area contributed by atoms with Crippen LogP contribution in [0.4, 0.5) is 0 Å². The zero-order chi connectivity index (χ0) is 31.8. The number of hydrogen-bond acceptors (Lipinski definition) is 10. The van der Waals surface area contributed by atoms with Gasteiger partial charge in [0.2, 0.25) is 0 Å². The molecule has 0 saturated heterocycles. The number of hydrogen-bond donors (Lipinski definition) is 2. The number of thioether (sulfide) groups is 2. The first-order valence-corrected chi connectivity index (χ1v) is 16.3. The Hall–Kier alpha value is -3.00. The molecule has 0 aromatic heterocycles. The SMILES string of the molecule is COc1cc(/C=C/C(=O)CC(=O)/C=C/c2ccc(OC(=O)[C@H]([NH3+])CCSC)c(OC)c2)ccc1OC(=O)[C@H]([NH3+])CCSC.[Cl-].[Cl-]. The van der Waals surface area contributed by atoms with Gasteiger partial charge in [0, 0.05) is 12.8 Å². The van der Waals surface area contributed by atoms with Crippen molar-refractivity contribution >= 4 is 59.2 Å². The standard InChI is InChI=1S/C31H38N2O8S2.2ClH/c1-38-28-17-20(7-11-26(28)40-30(36)24(32)13-15-42-3)5-9-22(34)19-23(35)10-6-21-8-12-27(29(18-21)39-2)41-31(37)25(33)14-16-43-4;;/h5-12,17-18,24-25H,13-16,19,32-33H2,1-4H3;2*1H/b9-5+,10-6+;;/t24-,25-;;/m1../s1. The number of carbonyl (C=O) groups excluding carboxylic acids is 4. The fourth-order valence-corrected chi connectivity index (χ4v) is 4.59. The minimum absolute atomic E-state index is 0. The van der Waals surface area contributed by atoms with E-state index in [1.54, 1.807) is 72.1 Å². The van der Waals surface area contributed by atoms with E-state index in [2.05, 4.69) is 11.5 Å². The molecule has 248 valence electrons. The Kier molecular flexibility index (Phi) is 21.0. The minimum Gasteiger partial charge on any atom is -1.00 e. The number of rotatable bonds is 18. The van der Waals surface area contributed by atoms with Gasteiger partial charge in [-0.25, -0.2) is 9.59 Å². The maximum Gasteiger partial charge on any atom is 0.370 e. The third-order valence-corrected chi connectivity index (χ3v) is 7.36. The minimum atomic E-state index is -0.492. The first kappa shape index (κ1) is 42.0. The normalized spacial score (nSPS) is 12.0. The van der Waals surface area contributed by atoms with E-state index in [4.69, 9.17) is 18.9 Å². The molecule has 0 aliphatic carbocycles. The average molecular weight is 704 g/mol. The Morgan fingerprint density at radius 3 is 1.40 bits per heavy atom. The van der Waals surface area contributed by atoms with Gasteiger partial charge >= 0.3 is 11.9 Å². The van der Waals surface area contributed by atoms with Gasteiger partial charge in [0.05, 0.1) is 20.6 Å². The maximum atomic E-state index is 12.4. The number of quaternary nitrogens is 2. The number of ether oxygens (including phenoxy) is 4. The van der Waals surface area contributed by atoms with Gasteiger partial charge in [-0.1, -0.05) is 24.3 Å². The van der Waals surface area contributed by atoms with Crippen LogP contribution >= 0.6 is 23.5 Å². The van der Waals surface area contributed by atoms with Crippen molar-refractivity contribution in [3.8, 4) is 23.0 Å². The molecule has 0 aliphatic heterocycles. The van der Waals surface area contributed by atoms with Crippen LogP contribution in [-0.4, -0.2) is 73.8 Å². The molecule has 2 rings (SSSR count). The average Bonchev–Trinajstić information content (AvgIpc) is 3.01. The van der Waals surface area contributed by atoms with Crippen molar-refractivity contribution in [2.45, 2.75) is 31.3 Å². The summed E-state index contributed by atoms with van der Waals surface area (Å²) in [6.45, 7) is 0. The topological polar surface area (TPSA) is 160 Å². The molecule has 0 radical (unpaired) electrons. The van der Waals surface area contributed by atoms with Gasteiger partial charge in [0.1, 0.15) is 0 Å². The van der Waals surface area contributed by atoms with Crippen LogP contribution in [0.5, 0.6) is 23.0 Å². The smallest absolute Gasteiger partial charge is 0.370 e. The second kappa shape index (κ2) is 22.5. The van der Waals surface area contributed by atoms with E-state index in [1.807, 2.05) is 12.5 Å². The summed E-state index contributed by atoms with van der Waals surface area (Å²) in [7, 11) is 2.90. The number of esters is 2. The summed E-state index contributed by atoms with van der Waals surface area (Å²) >= 11 is 3.26. The van der Waals surface area contributed by atoms with Crippen molar-refractivity contribution in [3.05, 3.63) is 59.7 Å². The molecular weight excluding hydrogens is 663 g/mol. The van der Waals surface area contributed by atoms with Gasteiger partial charge in [-0.3, -0.25) is 9.59 Å². The molecule has 0 bridgehead atoms. The van der Waals surface area contributed by atoms with E-state index in [0.717, 1.165) is 11.5 Å². The molecule has 14 heteroatoms. The van der Waals surface area contributed by atoms with Crippen LogP contribution in [0.25, 0.3) is 12.2 Å². The van der Waals surface area contributed by atoms with E-state index < -0.39 is 24.0 Å². The summed E-state index contributed by atoms with van der Waals surface area (Å²) in [5.41, 5.74) is 8.95. The molecule has 2 aromatic rings. The van der Waals surface area contributed by atoms with Gasteiger partial charge in [-0.05, 0) is 71.6 Å². The molecule has 2 atom stereocenters. The monoisotopic (exact) mass is 702 g/mol. The van der Waals surface area contributed by atoms with Crippen LogP contribution in [0, 0.1) is 0 Å². The molecule has 0 unspecified atom stereocenters. The number of halogens is 2. The predicted molar refractivity (Wildman–Crippen MR) is 169 cm³/mol. The van der Waals surface area contributed by atoms with Crippen LogP contribution in [0.1, 0.15) is 30.4 Å². The van der Waals surface area contributed by atoms with Crippen LogP contribution in [0.2, 0.25) is 0 Å². The van der Waals surface area contributed by atoms with E-state index >= 15 is 0 Å². The highest BCUT2D eigenvalue weighted by molar-refractivity contribution is 7.98. The summed E-state index contributed by atoms with van der Waals surface area (Å²) in [5, 5.41) is 0. The summed E-state index contributed by atoms with van der Waals surface area (Å²) in [5.74, 6) is 1.11. The highest BCUT2D eigenvalue weighted by Gasteiger charge is 2.22. The molecule has 10 nitrogen and oxygen atoms in total. The van der Waals surface area contributed by atoms with Gasteiger partial charge in [0.15, 0.2) is 46.6 Å². The third kappa shape index (κ3) is 14.8. The van der Waals surface area contributed by atoms with Crippen molar-refractivity contribution in [2.75, 3.05) is 38.2 Å². The second-order valence-electron chi connectivity index (χ2n) is 9.40. The lowest BCUT2D eigenvalue weighted by Gasteiger charge is -2.12. The van der Waals surface area contributed by atoms with Gasteiger partial charge in [-0.2, -0.15) is 23.5 Å². The third-order valence-electron chi connectivity index (χ3n) is 6.08. The first-order valence-electron chi connectivity index (χ1n) is 13.5. The number of carbonyl (C=O) groups is 4. The number of allylic oxidation sites excluding steroid dienone is 2. The molecule has 6 N–H and O–H groups in total. The lowest BCUT2D eigenvalue weighted by atomic mass is 10.1. The van der Waals surface area contributed by atoms with E-state index in [9.17, 15) is 19.2 Å². The maximum absolute atomic E-state index is 12.4. The van der Waals surface area contributed by atoms with E-state index in [1.165, 1.54) is 26.4 Å². The Morgan fingerprint density at radius 2 is 1.07 bits per heavy atom. The van der Waals surface area contributed by atoms with Gasteiger partial charge < -0.3 is 55.2 Å². The van der Waals surface area contributed by atoms with Gasteiger partial charge in [-0.15, -0.1) is 0 Å². The number of methoxy groups -OCH3 is 2. The van der Waals surface area contributed by atoms with Crippen molar-refractivity contribution in [1.82, 2.24) is 0 Å². The molecule has 0 amide bonds.